The highest BCUT2D eigenvalue weighted by Crippen LogP contribution is 2.24. The molecule has 3 aromatic rings. The Morgan fingerprint density at radius 2 is 1.76 bits per heavy atom. The van der Waals surface area contributed by atoms with Gasteiger partial charge in [0.25, 0.3) is 5.89 Å². The van der Waals surface area contributed by atoms with E-state index in [2.05, 4.69) is 10.1 Å². The highest BCUT2D eigenvalue weighted by Gasteiger charge is 2.09. The molecule has 0 aliphatic carbocycles. The first-order valence-electron chi connectivity index (χ1n) is 6.27. The van der Waals surface area contributed by atoms with Crippen LogP contribution in [0, 0.1) is 0 Å². The molecule has 21 heavy (non-hydrogen) atoms. The second kappa shape index (κ2) is 6.20. The summed E-state index contributed by atoms with van der Waals surface area (Å²) in [6, 6.07) is 15.0. The average Bonchev–Trinajstić information content (AvgIpc) is 2.96. The molecule has 0 aliphatic heterocycles. The van der Waals surface area contributed by atoms with E-state index in [9.17, 15) is 0 Å². The van der Waals surface area contributed by atoms with Gasteiger partial charge in [-0.3, -0.25) is 0 Å². The summed E-state index contributed by atoms with van der Waals surface area (Å²) >= 11 is 7.49. The average molecular weight is 318 g/mol. The quantitative estimate of drug-likeness (QED) is 0.575. The number of rotatable bonds is 4. The Morgan fingerprint density at radius 1 is 1.05 bits per heavy atom. The van der Waals surface area contributed by atoms with Gasteiger partial charge in [0.15, 0.2) is 5.82 Å². The monoisotopic (exact) mass is 317 g/mol. The Kier molecular flexibility index (Phi) is 4.13. The number of benzene rings is 2. The summed E-state index contributed by atoms with van der Waals surface area (Å²) < 4.78 is 5.26. The van der Waals surface area contributed by atoms with E-state index in [4.69, 9.17) is 21.9 Å². The van der Waals surface area contributed by atoms with Gasteiger partial charge in [0.2, 0.25) is 0 Å². The van der Waals surface area contributed by atoms with Crippen molar-refractivity contribution in [3.8, 4) is 11.5 Å². The van der Waals surface area contributed by atoms with E-state index < -0.39 is 0 Å². The van der Waals surface area contributed by atoms with Crippen molar-refractivity contribution in [2.75, 3.05) is 5.73 Å². The minimum atomic E-state index is 0.500. The number of hydrogen-bond acceptors (Lipinski definition) is 5. The molecular formula is C15H12ClN3OS. The fourth-order valence-electron chi connectivity index (χ4n) is 1.73. The second-order valence-electron chi connectivity index (χ2n) is 4.38. The Labute approximate surface area is 131 Å². The van der Waals surface area contributed by atoms with Crippen molar-refractivity contribution in [3.05, 3.63) is 59.4 Å². The van der Waals surface area contributed by atoms with Gasteiger partial charge >= 0.3 is 0 Å². The number of nitrogens with zero attached hydrogens (tertiary/aromatic N) is 2. The molecule has 4 nitrogen and oxygen atoms in total. The van der Waals surface area contributed by atoms with Gasteiger partial charge in [-0.2, -0.15) is 4.98 Å². The molecule has 0 aliphatic rings. The number of thioether (sulfide) groups is 1. The summed E-state index contributed by atoms with van der Waals surface area (Å²) in [6.07, 6.45) is 0. The molecule has 0 amide bonds. The third-order valence-electron chi connectivity index (χ3n) is 2.81. The van der Waals surface area contributed by atoms with Crippen molar-refractivity contribution in [2.45, 2.75) is 10.6 Å². The Balaban J connectivity index is 1.67. The fraction of sp³-hybridized carbons (Fsp3) is 0.0667. The number of aromatic nitrogens is 2. The van der Waals surface area contributed by atoms with Crippen molar-refractivity contribution in [1.82, 2.24) is 10.1 Å². The van der Waals surface area contributed by atoms with Crippen LogP contribution in [0.3, 0.4) is 0 Å². The van der Waals surface area contributed by atoms with Crippen LogP contribution in [0.2, 0.25) is 5.02 Å². The Hall–Kier alpha value is -1.98. The Morgan fingerprint density at radius 3 is 2.48 bits per heavy atom. The molecule has 106 valence electrons. The summed E-state index contributed by atoms with van der Waals surface area (Å²) in [5.41, 5.74) is 7.26. The molecule has 2 aromatic carbocycles. The summed E-state index contributed by atoms with van der Waals surface area (Å²) in [7, 11) is 0. The lowest BCUT2D eigenvalue weighted by atomic mass is 10.2. The topological polar surface area (TPSA) is 64.9 Å². The zero-order chi connectivity index (χ0) is 14.7. The SMILES string of the molecule is Nc1ccc(SCc2noc(-c3ccc(Cl)cc3)n2)cc1. The molecular weight excluding hydrogens is 306 g/mol. The van der Waals surface area contributed by atoms with Crippen LogP contribution >= 0.6 is 23.4 Å². The van der Waals surface area contributed by atoms with Crippen LogP contribution in [0.5, 0.6) is 0 Å². The van der Waals surface area contributed by atoms with Crippen molar-refractivity contribution < 1.29 is 4.52 Å². The standard InChI is InChI=1S/C15H12ClN3OS/c16-11-3-1-10(2-4-11)15-18-14(19-20-15)9-21-13-7-5-12(17)6-8-13/h1-8H,9,17H2. The summed E-state index contributed by atoms with van der Waals surface area (Å²) in [6.45, 7) is 0. The maximum atomic E-state index is 5.85. The molecule has 2 N–H and O–H groups in total. The molecule has 3 rings (SSSR count). The van der Waals surface area contributed by atoms with E-state index in [1.807, 2.05) is 36.4 Å². The predicted octanol–water partition coefficient (Wildman–Crippen LogP) is 4.26. The zero-order valence-corrected chi connectivity index (χ0v) is 12.6. The molecule has 0 radical (unpaired) electrons. The fourth-order valence-corrected chi connectivity index (χ4v) is 2.60. The van der Waals surface area contributed by atoms with Gasteiger partial charge in [0, 0.05) is 21.2 Å². The van der Waals surface area contributed by atoms with E-state index in [0.29, 0.717) is 22.5 Å². The van der Waals surface area contributed by atoms with Gasteiger partial charge in [0.1, 0.15) is 0 Å². The summed E-state index contributed by atoms with van der Waals surface area (Å²) in [4.78, 5) is 5.49. The van der Waals surface area contributed by atoms with Gasteiger partial charge in [-0.25, -0.2) is 0 Å². The minimum absolute atomic E-state index is 0.500. The predicted molar refractivity (Wildman–Crippen MR) is 85.2 cm³/mol. The van der Waals surface area contributed by atoms with Gasteiger partial charge in [-0.15, -0.1) is 11.8 Å². The number of anilines is 1. The molecule has 0 spiro atoms. The number of hydrogen-bond donors (Lipinski definition) is 1. The van der Waals surface area contributed by atoms with Crippen LogP contribution in [0.4, 0.5) is 5.69 Å². The first-order valence-corrected chi connectivity index (χ1v) is 7.64. The minimum Gasteiger partial charge on any atom is -0.399 e. The second-order valence-corrected chi connectivity index (χ2v) is 5.87. The maximum Gasteiger partial charge on any atom is 0.257 e. The van der Waals surface area contributed by atoms with Crippen molar-refractivity contribution in [2.24, 2.45) is 0 Å². The summed E-state index contributed by atoms with van der Waals surface area (Å²) in [5.74, 6) is 1.79. The van der Waals surface area contributed by atoms with Crippen LogP contribution in [0.25, 0.3) is 11.5 Å². The highest BCUT2D eigenvalue weighted by atomic mass is 35.5. The van der Waals surface area contributed by atoms with Gasteiger partial charge in [-0.1, -0.05) is 16.8 Å². The molecule has 0 fully saturated rings. The molecule has 0 bridgehead atoms. The lowest BCUT2D eigenvalue weighted by Gasteiger charge is -1.98. The number of halogens is 1. The van der Waals surface area contributed by atoms with Crippen LogP contribution in [-0.4, -0.2) is 10.1 Å². The third kappa shape index (κ3) is 3.56. The molecule has 0 saturated carbocycles. The van der Waals surface area contributed by atoms with E-state index >= 15 is 0 Å². The van der Waals surface area contributed by atoms with E-state index in [1.54, 1.807) is 23.9 Å². The first kappa shape index (κ1) is 14.0. The van der Waals surface area contributed by atoms with Crippen LogP contribution < -0.4 is 5.73 Å². The van der Waals surface area contributed by atoms with Crippen molar-refractivity contribution in [3.63, 3.8) is 0 Å². The van der Waals surface area contributed by atoms with E-state index in [0.717, 1.165) is 16.1 Å². The lowest BCUT2D eigenvalue weighted by Crippen LogP contribution is -1.85. The largest absolute Gasteiger partial charge is 0.399 e. The van der Waals surface area contributed by atoms with Gasteiger partial charge in [-0.05, 0) is 48.5 Å². The maximum absolute atomic E-state index is 5.85. The van der Waals surface area contributed by atoms with Crippen LogP contribution in [-0.2, 0) is 5.75 Å². The molecule has 0 unspecified atom stereocenters. The van der Waals surface area contributed by atoms with Gasteiger partial charge in [0.05, 0.1) is 5.75 Å². The highest BCUT2D eigenvalue weighted by molar-refractivity contribution is 7.98. The molecule has 0 atom stereocenters. The lowest BCUT2D eigenvalue weighted by molar-refractivity contribution is 0.425. The zero-order valence-electron chi connectivity index (χ0n) is 11.0. The van der Waals surface area contributed by atoms with E-state index in [1.165, 1.54) is 0 Å². The van der Waals surface area contributed by atoms with Crippen molar-refractivity contribution >= 4 is 29.1 Å². The molecule has 1 aromatic heterocycles. The molecule has 1 heterocycles. The number of nitrogen functional groups attached to an aromatic ring is 1. The number of nitrogens with two attached hydrogens (primary N) is 1. The van der Waals surface area contributed by atoms with Crippen LogP contribution in [0.1, 0.15) is 5.82 Å². The Bertz CT molecular complexity index is 725. The van der Waals surface area contributed by atoms with Crippen molar-refractivity contribution in [1.29, 1.82) is 0 Å². The normalized spacial score (nSPS) is 10.7. The van der Waals surface area contributed by atoms with Crippen LogP contribution in [0.15, 0.2) is 57.9 Å². The van der Waals surface area contributed by atoms with E-state index in [-0.39, 0.29) is 0 Å². The molecule has 0 saturated heterocycles. The summed E-state index contributed by atoms with van der Waals surface area (Å²) in [5, 5.41) is 4.66. The van der Waals surface area contributed by atoms with Gasteiger partial charge < -0.3 is 10.3 Å². The third-order valence-corrected chi connectivity index (χ3v) is 4.07. The molecule has 6 heteroatoms. The first-order chi connectivity index (χ1) is 10.2. The smallest absolute Gasteiger partial charge is 0.257 e.